The van der Waals surface area contributed by atoms with Gasteiger partial charge in [0, 0.05) is 5.92 Å². The third kappa shape index (κ3) is 0.565. The van der Waals surface area contributed by atoms with Crippen LogP contribution in [0, 0.1) is 5.92 Å². The van der Waals surface area contributed by atoms with E-state index in [-0.39, 0.29) is 6.29 Å². The molecule has 0 aliphatic carbocycles. The van der Waals surface area contributed by atoms with Crippen LogP contribution in [0.3, 0.4) is 0 Å². The summed E-state index contributed by atoms with van der Waals surface area (Å²) in [7, 11) is 0. The highest BCUT2D eigenvalue weighted by atomic mass is 16.7. The zero-order valence-corrected chi connectivity index (χ0v) is 4.80. The van der Waals surface area contributed by atoms with Gasteiger partial charge in [0.1, 0.15) is 0 Å². The summed E-state index contributed by atoms with van der Waals surface area (Å²) in [6.07, 6.45) is 2.60. The summed E-state index contributed by atoms with van der Waals surface area (Å²) in [5.41, 5.74) is 0. The molecular formula is C6H10O2. The van der Waals surface area contributed by atoms with Gasteiger partial charge >= 0.3 is 0 Å². The Balaban J connectivity index is 2.04. The van der Waals surface area contributed by atoms with Gasteiger partial charge in [-0.2, -0.15) is 0 Å². The molecule has 2 saturated heterocycles. The molecule has 0 aromatic heterocycles. The number of fused-ring (bicyclic) bond motifs is 1. The van der Waals surface area contributed by atoms with Crippen molar-refractivity contribution in [3.05, 3.63) is 0 Å². The third-order valence-electron chi connectivity index (χ3n) is 1.93. The largest absolute Gasteiger partial charge is 0.352 e. The van der Waals surface area contributed by atoms with Crippen molar-refractivity contribution < 1.29 is 9.47 Å². The lowest BCUT2D eigenvalue weighted by molar-refractivity contribution is -0.0904. The van der Waals surface area contributed by atoms with Crippen LogP contribution in [0.4, 0.5) is 0 Å². The zero-order valence-electron chi connectivity index (χ0n) is 4.80. The van der Waals surface area contributed by atoms with Gasteiger partial charge in [0.15, 0.2) is 6.29 Å². The van der Waals surface area contributed by atoms with E-state index in [0.29, 0.717) is 0 Å². The second-order valence-electron chi connectivity index (χ2n) is 2.45. The summed E-state index contributed by atoms with van der Waals surface area (Å²) in [6.45, 7) is 1.82. The van der Waals surface area contributed by atoms with Crippen molar-refractivity contribution in [2.45, 2.75) is 19.1 Å². The van der Waals surface area contributed by atoms with Crippen molar-refractivity contribution in [1.82, 2.24) is 0 Å². The standard InChI is InChI=1S/C6H10O2/c1-3-7-6-5(1)2-4-8-6/h5-6H,1-4H2/t5-,6+. The lowest BCUT2D eigenvalue weighted by Crippen LogP contribution is -2.08. The van der Waals surface area contributed by atoms with Gasteiger partial charge in [-0.1, -0.05) is 0 Å². The van der Waals surface area contributed by atoms with Crippen LogP contribution in [0.2, 0.25) is 0 Å². The summed E-state index contributed by atoms with van der Waals surface area (Å²) in [6, 6.07) is 0. The molecule has 2 heterocycles. The van der Waals surface area contributed by atoms with Crippen molar-refractivity contribution in [1.29, 1.82) is 0 Å². The predicted octanol–water partition coefficient (Wildman–Crippen LogP) is 0.769. The summed E-state index contributed by atoms with van der Waals surface area (Å²) in [4.78, 5) is 0. The average Bonchev–Trinajstić information content (AvgIpc) is 2.15. The molecule has 0 radical (unpaired) electrons. The fourth-order valence-electron chi connectivity index (χ4n) is 1.41. The zero-order chi connectivity index (χ0) is 5.40. The van der Waals surface area contributed by atoms with Gasteiger partial charge in [0.25, 0.3) is 0 Å². The van der Waals surface area contributed by atoms with Crippen molar-refractivity contribution in [2.24, 2.45) is 5.92 Å². The van der Waals surface area contributed by atoms with E-state index in [1.807, 2.05) is 0 Å². The topological polar surface area (TPSA) is 18.5 Å². The molecule has 2 aliphatic rings. The third-order valence-corrected chi connectivity index (χ3v) is 1.93. The number of ether oxygens (including phenoxy) is 2. The minimum atomic E-state index is 0.176. The van der Waals surface area contributed by atoms with E-state index in [1.54, 1.807) is 0 Å². The predicted molar refractivity (Wildman–Crippen MR) is 28.4 cm³/mol. The van der Waals surface area contributed by atoms with E-state index < -0.39 is 0 Å². The molecule has 0 spiro atoms. The van der Waals surface area contributed by atoms with Crippen LogP contribution in [0.15, 0.2) is 0 Å². The van der Waals surface area contributed by atoms with Crippen LogP contribution in [0.25, 0.3) is 0 Å². The van der Waals surface area contributed by atoms with Gasteiger partial charge in [0.2, 0.25) is 0 Å². The van der Waals surface area contributed by atoms with Crippen molar-refractivity contribution in [3.8, 4) is 0 Å². The first-order valence-electron chi connectivity index (χ1n) is 3.20. The first kappa shape index (κ1) is 4.77. The average molecular weight is 114 g/mol. The van der Waals surface area contributed by atoms with Gasteiger partial charge in [-0.3, -0.25) is 0 Å². The van der Waals surface area contributed by atoms with E-state index in [4.69, 9.17) is 9.47 Å². The highest BCUT2D eigenvalue weighted by molar-refractivity contribution is 4.73. The first-order valence-corrected chi connectivity index (χ1v) is 3.20. The highest BCUT2D eigenvalue weighted by Crippen LogP contribution is 2.30. The molecular weight excluding hydrogens is 104 g/mol. The molecule has 0 aromatic carbocycles. The van der Waals surface area contributed by atoms with Crippen LogP contribution in [-0.2, 0) is 9.47 Å². The SMILES string of the molecule is C1C[C@H]2CCO[C@H]2O1. The molecule has 0 amide bonds. The van der Waals surface area contributed by atoms with Crippen LogP contribution in [-0.4, -0.2) is 19.5 Å². The van der Waals surface area contributed by atoms with Gasteiger partial charge in [-0.25, -0.2) is 0 Å². The number of hydrogen-bond acceptors (Lipinski definition) is 2. The van der Waals surface area contributed by atoms with Gasteiger partial charge in [-0.05, 0) is 12.8 Å². The first-order chi connectivity index (χ1) is 3.97. The maximum absolute atomic E-state index is 5.25. The van der Waals surface area contributed by atoms with Crippen LogP contribution in [0.5, 0.6) is 0 Å². The Morgan fingerprint density at radius 1 is 1.00 bits per heavy atom. The quantitative estimate of drug-likeness (QED) is 0.463. The van der Waals surface area contributed by atoms with Gasteiger partial charge < -0.3 is 9.47 Å². The second-order valence-corrected chi connectivity index (χ2v) is 2.45. The van der Waals surface area contributed by atoms with E-state index >= 15 is 0 Å². The maximum atomic E-state index is 5.25. The van der Waals surface area contributed by atoms with E-state index in [0.717, 1.165) is 19.1 Å². The molecule has 8 heavy (non-hydrogen) atoms. The van der Waals surface area contributed by atoms with Crippen LogP contribution < -0.4 is 0 Å². The number of hydrogen-bond donors (Lipinski definition) is 0. The van der Waals surface area contributed by atoms with E-state index in [9.17, 15) is 0 Å². The lowest BCUT2D eigenvalue weighted by atomic mass is 10.1. The van der Waals surface area contributed by atoms with Gasteiger partial charge in [0.05, 0.1) is 13.2 Å². The fourth-order valence-corrected chi connectivity index (χ4v) is 1.41. The van der Waals surface area contributed by atoms with E-state index in [2.05, 4.69) is 0 Å². The molecule has 0 aromatic rings. The second kappa shape index (κ2) is 1.71. The molecule has 46 valence electrons. The molecule has 2 nitrogen and oxygen atoms in total. The Morgan fingerprint density at radius 3 is 2.12 bits per heavy atom. The maximum Gasteiger partial charge on any atom is 0.160 e. The Labute approximate surface area is 48.8 Å². The Morgan fingerprint density at radius 2 is 1.62 bits per heavy atom. The summed E-state index contributed by atoms with van der Waals surface area (Å²) in [5.74, 6) is 0.731. The molecule has 0 N–H and O–H groups in total. The molecule has 0 unspecified atom stereocenters. The minimum Gasteiger partial charge on any atom is -0.352 e. The van der Waals surface area contributed by atoms with Crippen LogP contribution >= 0.6 is 0 Å². The molecule has 2 aliphatic heterocycles. The summed E-state index contributed by atoms with van der Waals surface area (Å²) in [5, 5.41) is 0. The molecule has 0 atom stereocenters. The molecule has 2 fully saturated rings. The van der Waals surface area contributed by atoms with Crippen molar-refractivity contribution in [2.75, 3.05) is 13.2 Å². The smallest absolute Gasteiger partial charge is 0.160 e. The highest BCUT2D eigenvalue weighted by Gasteiger charge is 2.33. The summed E-state index contributed by atoms with van der Waals surface area (Å²) >= 11 is 0. The Bertz CT molecular complexity index is 72.5. The Hall–Kier alpha value is -0.0800. The van der Waals surface area contributed by atoms with Gasteiger partial charge in [-0.15, -0.1) is 0 Å². The fraction of sp³-hybridized carbons (Fsp3) is 1.00. The van der Waals surface area contributed by atoms with E-state index in [1.165, 1.54) is 12.8 Å². The minimum absolute atomic E-state index is 0.176. The molecule has 0 bridgehead atoms. The lowest BCUT2D eigenvalue weighted by Gasteiger charge is -2.03. The molecule has 2 heteroatoms. The summed E-state index contributed by atoms with van der Waals surface area (Å²) < 4.78 is 10.5. The van der Waals surface area contributed by atoms with Crippen molar-refractivity contribution in [3.63, 3.8) is 0 Å². The number of rotatable bonds is 0. The van der Waals surface area contributed by atoms with Crippen LogP contribution in [0.1, 0.15) is 12.8 Å². The molecule has 0 saturated carbocycles. The van der Waals surface area contributed by atoms with Crippen molar-refractivity contribution >= 4 is 0 Å². The monoisotopic (exact) mass is 114 g/mol. The Kier molecular flexibility index (Phi) is 1.02. The normalized spacial score (nSPS) is 45.0. The molecule has 2 rings (SSSR count).